The van der Waals surface area contributed by atoms with Gasteiger partial charge in [-0.3, -0.25) is 0 Å². The Hall–Kier alpha value is -2.45. The zero-order valence-corrected chi connectivity index (χ0v) is 12.8. The van der Waals surface area contributed by atoms with E-state index in [1.54, 1.807) is 0 Å². The van der Waals surface area contributed by atoms with Crippen molar-refractivity contribution in [2.24, 2.45) is 0 Å². The smallest absolute Gasteiger partial charge is 0.335 e. The van der Waals surface area contributed by atoms with E-state index in [4.69, 9.17) is 16.7 Å². The van der Waals surface area contributed by atoms with Gasteiger partial charge in [0.2, 0.25) is 0 Å². The van der Waals surface area contributed by atoms with Gasteiger partial charge in [0.05, 0.1) is 6.85 Å². The predicted molar refractivity (Wildman–Crippen MR) is 89.8 cm³/mol. The molecule has 1 saturated heterocycles. The van der Waals surface area contributed by atoms with Gasteiger partial charge < -0.3 is 30.5 Å². The summed E-state index contributed by atoms with van der Waals surface area (Å²) >= 11 is 0. The molecule has 25 heavy (non-hydrogen) atoms. The van der Waals surface area contributed by atoms with Gasteiger partial charge in [-0.05, 0) is 23.3 Å². The van der Waals surface area contributed by atoms with E-state index in [9.17, 15) is 20.1 Å². The first kappa shape index (κ1) is 12.0. The zero-order valence-electron chi connectivity index (χ0n) is 17.8. The maximum atomic E-state index is 11.2. The number of aliphatic hydroxyl groups is 3. The van der Waals surface area contributed by atoms with Crippen LogP contribution < -0.4 is 5.32 Å². The van der Waals surface area contributed by atoms with Crippen LogP contribution in [0.25, 0.3) is 11.1 Å². The summed E-state index contributed by atoms with van der Waals surface area (Å²) in [6, 6.07) is 3.78. The van der Waals surface area contributed by atoms with Crippen LogP contribution in [0.2, 0.25) is 0 Å². The molecule has 2 aromatic rings. The Balaban J connectivity index is 1.86. The Kier molecular flexibility index (Phi) is 3.45. The number of ether oxygens (including phenoxy) is 1. The molecule has 7 heteroatoms. The number of aliphatic hydroxyl groups excluding tert-OH is 3. The van der Waals surface area contributed by atoms with Crippen LogP contribution in [0, 0.1) is 0 Å². The molecule has 3 rings (SSSR count). The van der Waals surface area contributed by atoms with Crippen molar-refractivity contribution in [1.82, 2.24) is 0 Å². The monoisotopic (exact) mass is 350 g/mol. The van der Waals surface area contributed by atoms with Crippen molar-refractivity contribution in [2.75, 3.05) is 5.32 Å². The molecule has 0 aliphatic carbocycles. The van der Waals surface area contributed by atoms with E-state index in [0.29, 0.717) is 11.3 Å². The molecule has 1 aliphatic rings. The molecule has 132 valence electrons. The van der Waals surface area contributed by atoms with Gasteiger partial charge in [-0.2, -0.15) is 0 Å². The largest absolute Gasteiger partial charge is 0.479 e. The SMILES string of the molecule is [2H]c1c([2H])c([2H])c(-c2ccc(N[C@@H]3O[C@H](C(=O)O)[C@@H](O)[C@H](O)[C@H]3O)cc2)c([2H])c1[2H]. The number of carbonyl (C=O) groups is 1. The second kappa shape index (κ2) is 7.20. The fourth-order valence-corrected chi connectivity index (χ4v) is 2.49. The molecule has 0 radical (unpaired) electrons. The van der Waals surface area contributed by atoms with Gasteiger partial charge in [-0.25, -0.2) is 4.79 Å². The number of carboxylic acids is 1. The van der Waals surface area contributed by atoms with Crippen molar-refractivity contribution in [3.8, 4) is 11.1 Å². The standard InChI is InChI=1S/C18H19NO6/c20-13-14(21)16(18(23)24)25-17(15(13)22)19-12-8-6-11(7-9-12)10-4-2-1-3-5-10/h1-9,13-17,19-22H,(H,23,24)/t13-,14-,15+,16-,17+/m0/s1/i1D,2D,3D,4D,5D. The van der Waals surface area contributed by atoms with Gasteiger partial charge in [0.15, 0.2) is 12.3 Å². The first-order chi connectivity index (χ1) is 14.0. The van der Waals surface area contributed by atoms with Crippen molar-refractivity contribution in [3.63, 3.8) is 0 Å². The summed E-state index contributed by atoms with van der Waals surface area (Å²) in [4.78, 5) is 11.2. The lowest BCUT2D eigenvalue weighted by Gasteiger charge is -2.39. The molecule has 0 amide bonds. The molecule has 2 aromatic carbocycles. The van der Waals surface area contributed by atoms with Gasteiger partial charge in [-0.15, -0.1) is 0 Å². The summed E-state index contributed by atoms with van der Waals surface area (Å²) in [7, 11) is 0. The predicted octanol–water partition coefficient (Wildman–Crippen LogP) is 0.658. The lowest BCUT2D eigenvalue weighted by Crippen LogP contribution is -2.61. The van der Waals surface area contributed by atoms with E-state index in [0.717, 1.165) is 0 Å². The molecule has 0 saturated carbocycles. The molecule has 0 unspecified atom stereocenters. The Morgan fingerprint density at radius 1 is 0.960 bits per heavy atom. The normalized spacial score (nSPS) is 32.0. The minimum Gasteiger partial charge on any atom is -0.479 e. The molecule has 0 spiro atoms. The highest BCUT2D eigenvalue weighted by molar-refractivity contribution is 5.73. The van der Waals surface area contributed by atoms with Gasteiger partial charge >= 0.3 is 5.97 Å². The molecule has 5 atom stereocenters. The number of carboxylic acid groups (broad SMARTS) is 1. The summed E-state index contributed by atoms with van der Waals surface area (Å²) < 4.78 is 44.3. The number of rotatable bonds is 4. The average molecular weight is 350 g/mol. The molecule has 5 N–H and O–H groups in total. The highest BCUT2D eigenvalue weighted by atomic mass is 16.6. The number of nitrogens with one attached hydrogen (secondary N) is 1. The average Bonchev–Trinajstić information content (AvgIpc) is 2.72. The minimum absolute atomic E-state index is 0.0194. The molecule has 7 nitrogen and oxygen atoms in total. The maximum Gasteiger partial charge on any atom is 0.335 e. The van der Waals surface area contributed by atoms with Crippen LogP contribution in [-0.2, 0) is 9.53 Å². The van der Waals surface area contributed by atoms with E-state index < -0.39 is 54.7 Å². The van der Waals surface area contributed by atoms with Crippen LogP contribution in [-0.4, -0.2) is 57.0 Å². The minimum atomic E-state index is -1.80. The van der Waals surface area contributed by atoms with Crippen LogP contribution >= 0.6 is 0 Å². The highest BCUT2D eigenvalue weighted by Crippen LogP contribution is 2.25. The Morgan fingerprint density at radius 2 is 1.60 bits per heavy atom. The van der Waals surface area contributed by atoms with E-state index >= 15 is 0 Å². The fraction of sp³-hybridized carbons (Fsp3) is 0.278. The third kappa shape index (κ3) is 3.64. The number of aliphatic carboxylic acids is 1. The third-order valence-electron chi connectivity index (χ3n) is 3.84. The first-order valence-corrected chi connectivity index (χ1v) is 7.41. The number of anilines is 1. The quantitative estimate of drug-likeness (QED) is 0.549. The number of hydrogen-bond donors (Lipinski definition) is 5. The van der Waals surface area contributed by atoms with Crippen LogP contribution in [0.15, 0.2) is 54.5 Å². The molecule has 0 bridgehead atoms. The van der Waals surface area contributed by atoms with Crippen molar-refractivity contribution >= 4 is 11.7 Å². The molecule has 0 aromatic heterocycles. The van der Waals surface area contributed by atoms with Crippen molar-refractivity contribution in [1.29, 1.82) is 0 Å². The van der Waals surface area contributed by atoms with Crippen LogP contribution in [0.3, 0.4) is 0 Å². The number of hydrogen-bond acceptors (Lipinski definition) is 6. The van der Waals surface area contributed by atoms with Gasteiger partial charge in [0.1, 0.15) is 18.3 Å². The fourth-order valence-electron chi connectivity index (χ4n) is 2.49. The molecule has 1 heterocycles. The summed E-state index contributed by atoms with van der Waals surface area (Å²) in [5.41, 5.74) is 0.704. The highest BCUT2D eigenvalue weighted by Gasteiger charge is 2.46. The molecular formula is C18H19NO6. The van der Waals surface area contributed by atoms with Crippen molar-refractivity contribution < 1.29 is 36.8 Å². The van der Waals surface area contributed by atoms with Gasteiger partial charge in [0.25, 0.3) is 0 Å². The summed E-state index contributed by atoms with van der Waals surface area (Å²) in [5, 5.41) is 41.4. The second-order valence-corrected chi connectivity index (χ2v) is 5.51. The summed E-state index contributed by atoms with van der Waals surface area (Å²) in [6.45, 7) is 0. The van der Waals surface area contributed by atoms with Crippen molar-refractivity contribution in [3.05, 3.63) is 54.5 Å². The Labute approximate surface area is 151 Å². The van der Waals surface area contributed by atoms with E-state index in [2.05, 4.69) is 5.32 Å². The molecular weight excluding hydrogens is 326 g/mol. The van der Waals surface area contributed by atoms with E-state index in [1.807, 2.05) is 0 Å². The Bertz CT molecular complexity index is 944. The van der Waals surface area contributed by atoms with E-state index in [-0.39, 0.29) is 17.6 Å². The summed E-state index contributed by atoms with van der Waals surface area (Å²) in [5.74, 6) is -1.50. The first-order valence-electron chi connectivity index (χ1n) is 9.91. The summed E-state index contributed by atoms with van der Waals surface area (Å²) in [6.07, 6.45) is -8.25. The third-order valence-corrected chi connectivity index (χ3v) is 3.84. The number of benzene rings is 2. The Morgan fingerprint density at radius 3 is 2.20 bits per heavy atom. The second-order valence-electron chi connectivity index (χ2n) is 5.51. The molecule has 1 fully saturated rings. The maximum absolute atomic E-state index is 11.2. The van der Waals surface area contributed by atoms with Gasteiger partial charge in [-0.1, -0.05) is 42.3 Å². The van der Waals surface area contributed by atoms with Crippen molar-refractivity contribution in [2.45, 2.75) is 30.6 Å². The lowest BCUT2D eigenvalue weighted by atomic mass is 9.98. The van der Waals surface area contributed by atoms with Crippen LogP contribution in [0.1, 0.15) is 6.85 Å². The topological polar surface area (TPSA) is 119 Å². The lowest BCUT2D eigenvalue weighted by molar-refractivity contribution is -0.221. The van der Waals surface area contributed by atoms with Crippen LogP contribution in [0.4, 0.5) is 5.69 Å². The molecule has 1 aliphatic heterocycles. The van der Waals surface area contributed by atoms with Gasteiger partial charge in [0, 0.05) is 5.69 Å². The zero-order chi connectivity index (χ0) is 22.3. The van der Waals surface area contributed by atoms with Crippen LogP contribution in [0.5, 0.6) is 0 Å². The van der Waals surface area contributed by atoms with E-state index in [1.165, 1.54) is 24.3 Å².